The molecule has 29 heavy (non-hydrogen) atoms. The van der Waals surface area contributed by atoms with E-state index in [1.54, 1.807) is 14.0 Å². The van der Waals surface area contributed by atoms with Gasteiger partial charge < -0.3 is 19.5 Å². The summed E-state index contributed by atoms with van der Waals surface area (Å²) in [5, 5.41) is 3.34. The van der Waals surface area contributed by atoms with Gasteiger partial charge in [-0.3, -0.25) is 4.79 Å². The first-order chi connectivity index (χ1) is 13.7. The molecule has 5 atom stereocenters. The lowest BCUT2D eigenvalue weighted by molar-refractivity contribution is -0.136. The fourth-order valence-corrected chi connectivity index (χ4v) is 6.53. The Bertz CT molecular complexity index is 789. The molecule has 1 spiro atoms. The molecule has 1 N–H and O–H groups in total. The van der Waals surface area contributed by atoms with Gasteiger partial charge in [0, 0.05) is 19.6 Å². The molecule has 160 valence electrons. The van der Waals surface area contributed by atoms with E-state index in [-0.39, 0.29) is 35.0 Å². The highest BCUT2D eigenvalue weighted by molar-refractivity contribution is 5.73. The van der Waals surface area contributed by atoms with E-state index in [0.29, 0.717) is 11.8 Å². The molecule has 0 aromatic heterocycles. The molecule has 3 fully saturated rings. The number of carbonyl (C=O) groups excluding carboxylic acids is 1. The van der Waals surface area contributed by atoms with Crippen molar-refractivity contribution in [3.63, 3.8) is 0 Å². The van der Waals surface area contributed by atoms with Crippen LogP contribution in [-0.4, -0.2) is 31.8 Å². The summed E-state index contributed by atoms with van der Waals surface area (Å²) < 4.78 is 17.9. The number of methoxy groups -OCH3 is 1. The minimum Gasteiger partial charge on any atom is -0.493 e. The number of hydrogen-bond acceptors (Lipinski definition) is 4. The molecule has 4 rings (SSSR count). The van der Waals surface area contributed by atoms with E-state index < -0.39 is 0 Å². The van der Waals surface area contributed by atoms with Crippen molar-refractivity contribution in [1.82, 2.24) is 5.32 Å². The lowest BCUT2D eigenvalue weighted by Crippen LogP contribution is -2.58. The van der Waals surface area contributed by atoms with Gasteiger partial charge in [0.1, 0.15) is 0 Å². The minimum atomic E-state index is 0.0307. The van der Waals surface area contributed by atoms with Crippen molar-refractivity contribution < 1.29 is 19.0 Å². The topological polar surface area (TPSA) is 56.8 Å². The molecule has 1 unspecified atom stereocenters. The first-order valence-electron chi connectivity index (χ1n) is 10.9. The fraction of sp³-hybridized carbons (Fsp3) is 0.708. The summed E-state index contributed by atoms with van der Waals surface area (Å²) in [6.45, 7) is 11.1. The summed E-state index contributed by atoms with van der Waals surface area (Å²) in [4.78, 5) is 12.0. The maximum Gasteiger partial charge on any atom is 0.217 e. The highest BCUT2D eigenvalue weighted by atomic mass is 16.5. The molecule has 1 heterocycles. The quantitative estimate of drug-likeness (QED) is 0.789. The Morgan fingerprint density at radius 3 is 2.69 bits per heavy atom. The molecule has 3 aliphatic rings. The summed E-state index contributed by atoms with van der Waals surface area (Å²) in [6.07, 6.45) is 3.48. The van der Waals surface area contributed by atoms with Crippen molar-refractivity contribution >= 4 is 5.91 Å². The molecule has 0 radical (unpaired) electrons. The Morgan fingerprint density at radius 2 is 2.03 bits per heavy atom. The maximum absolute atomic E-state index is 12.0. The summed E-state index contributed by atoms with van der Waals surface area (Å²) >= 11 is 0. The number of benzene rings is 1. The maximum atomic E-state index is 12.0. The Kier molecular flexibility index (Phi) is 5.09. The van der Waals surface area contributed by atoms with Gasteiger partial charge in [0.25, 0.3) is 0 Å². The smallest absolute Gasteiger partial charge is 0.217 e. The van der Waals surface area contributed by atoms with Crippen LogP contribution in [0.25, 0.3) is 0 Å². The van der Waals surface area contributed by atoms with Gasteiger partial charge in [-0.05, 0) is 73.5 Å². The predicted molar refractivity (Wildman–Crippen MR) is 112 cm³/mol. The van der Waals surface area contributed by atoms with Crippen LogP contribution in [0.3, 0.4) is 0 Å². The summed E-state index contributed by atoms with van der Waals surface area (Å²) in [7, 11) is 1.68. The standard InChI is InChI=1S/C24H35NO4/c1-14(2)29-19-8-7-16(11-20(19)27-6)21-18-12-17-13-24(18,9-10-28-21)22(23(17,4)5)25-15(3)26/h7-8,11,14,17-18,21-22H,9-10,12-13H2,1-6H3,(H,25,26)/t17-,18-,21-,22+,24?/m1/s1. The van der Waals surface area contributed by atoms with E-state index in [0.717, 1.165) is 36.5 Å². The van der Waals surface area contributed by atoms with Gasteiger partial charge in [0.15, 0.2) is 11.5 Å². The van der Waals surface area contributed by atoms with Crippen LogP contribution in [0, 0.1) is 22.7 Å². The zero-order chi connectivity index (χ0) is 21.0. The minimum absolute atomic E-state index is 0.0307. The fourth-order valence-electron chi connectivity index (χ4n) is 6.53. The van der Waals surface area contributed by atoms with Gasteiger partial charge in [-0.1, -0.05) is 19.9 Å². The molecule has 2 bridgehead atoms. The zero-order valence-corrected chi connectivity index (χ0v) is 18.6. The zero-order valence-electron chi connectivity index (χ0n) is 18.6. The second kappa shape index (κ2) is 7.19. The molecule has 5 nitrogen and oxygen atoms in total. The number of fused-ring (bicyclic) bond motifs is 1. The van der Waals surface area contributed by atoms with Gasteiger partial charge in [0.05, 0.1) is 19.3 Å². The second-order valence-electron chi connectivity index (χ2n) is 10.0. The number of nitrogens with one attached hydrogen (secondary N) is 1. The molecular formula is C24H35NO4. The van der Waals surface area contributed by atoms with E-state index in [4.69, 9.17) is 14.2 Å². The van der Waals surface area contributed by atoms with Gasteiger partial charge >= 0.3 is 0 Å². The molecule has 1 aliphatic heterocycles. The highest BCUT2D eigenvalue weighted by Crippen LogP contribution is 2.70. The summed E-state index contributed by atoms with van der Waals surface area (Å²) in [5.74, 6) is 2.61. The number of carbonyl (C=O) groups is 1. The van der Waals surface area contributed by atoms with Crippen LogP contribution in [0.4, 0.5) is 0 Å². The van der Waals surface area contributed by atoms with Crippen LogP contribution in [-0.2, 0) is 9.53 Å². The third-order valence-corrected chi connectivity index (χ3v) is 7.73. The van der Waals surface area contributed by atoms with E-state index in [2.05, 4.69) is 31.3 Å². The van der Waals surface area contributed by atoms with Crippen LogP contribution >= 0.6 is 0 Å². The lowest BCUT2D eigenvalue weighted by Gasteiger charge is -2.53. The van der Waals surface area contributed by atoms with Crippen LogP contribution in [0.2, 0.25) is 0 Å². The largest absolute Gasteiger partial charge is 0.493 e. The number of amides is 1. The average Bonchev–Trinajstić information content (AvgIpc) is 3.14. The summed E-state index contributed by atoms with van der Waals surface area (Å²) in [6, 6.07) is 6.40. The normalized spacial score (nSPS) is 34.7. The van der Waals surface area contributed by atoms with E-state index in [1.807, 2.05) is 19.9 Å². The third-order valence-electron chi connectivity index (χ3n) is 7.73. The Morgan fingerprint density at radius 1 is 1.28 bits per heavy atom. The van der Waals surface area contributed by atoms with Gasteiger partial charge in [-0.15, -0.1) is 0 Å². The number of rotatable bonds is 5. The second-order valence-corrected chi connectivity index (χ2v) is 10.0. The van der Waals surface area contributed by atoms with Crippen molar-refractivity contribution in [2.24, 2.45) is 22.7 Å². The Labute approximate surface area is 174 Å². The van der Waals surface area contributed by atoms with Crippen molar-refractivity contribution in [2.75, 3.05) is 13.7 Å². The van der Waals surface area contributed by atoms with Gasteiger partial charge in [-0.25, -0.2) is 0 Å². The Hall–Kier alpha value is -1.75. The SMILES string of the molecule is COc1cc([C@H]2OCCC34C[C@@H](C[C@H]23)C(C)(C)[C@@H]4NC(C)=O)ccc1OC(C)C. The molecular weight excluding hydrogens is 366 g/mol. The van der Waals surface area contributed by atoms with Crippen LogP contribution < -0.4 is 14.8 Å². The predicted octanol–water partition coefficient (Wildman–Crippen LogP) is 4.50. The first kappa shape index (κ1) is 20.5. The Balaban J connectivity index is 1.67. The first-order valence-corrected chi connectivity index (χ1v) is 10.9. The molecule has 2 saturated carbocycles. The number of hydrogen-bond donors (Lipinski definition) is 1. The number of ether oxygens (including phenoxy) is 3. The van der Waals surface area contributed by atoms with Crippen molar-refractivity contribution in [3.05, 3.63) is 23.8 Å². The molecule has 2 aliphatic carbocycles. The van der Waals surface area contributed by atoms with Crippen molar-refractivity contribution in [2.45, 2.75) is 72.1 Å². The molecule has 1 saturated heterocycles. The molecule has 1 aromatic rings. The van der Waals surface area contributed by atoms with E-state index in [9.17, 15) is 4.79 Å². The molecule has 1 aromatic carbocycles. The van der Waals surface area contributed by atoms with Crippen LogP contribution in [0.1, 0.15) is 65.5 Å². The monoisotopic (exact) mass is 401 g/mol. The van der Waals surface area contributed by atoms with E-state index >= 15 is 0 Å². The highest BCUT2D eigenvalue weighted by Gasteiger charge is 2.68. The van der Waals surface area contributed by atoms with Crippen LogP contribution in [0.15, 0.2) is 18.2 Å². The molecule has 5 heteroatoms. The van der Waals surface area contributed by atoms with Gasteiger partial charge in [0.2, 0.25) is 5.91 Å². The van der Waals surface area contributed by atoms with Crippen LogP contribution in [0.5, 0.6) is 11.5 Å². The average molecular weight is 402 g/mol. The van der Waals surface area contributed by atoms with Crippen molar-refractivity contribution in [1.29, 1.82) is 0 Å². The van der Waals surface area contributed by atoms with E-state index in [1.165, 1.54) is 6.42 Å². The lowest BCUT2D eigenvalue weighted by atomic mass is 9.59. The third kappa shape index (κ3) is 3.22. The summed E-state index contributed by atoms with van der Waals surface area (Å²) in [5.41, 5.74) is 1.38. The van der Waals surface area contributed by atoms with Gasteiger partial charge in [-0.2, -0.15) is 0 Å². The molecule has 1 amide bonds. The van der Waals surface area contributed by atoms with Crippen molar-refractivity contribution in [3.8, 4) is 11.5 Å².